The first-order chi connectivity index (χ1) is 11.1. The van der Waals surface area contributed by atoms with Crippen molar-refractivity contribution in [3.63, 3.8) is 0 Å². The molecule has 0 aliphatic heterocycles. The molecule has 0 unspecified atom stereocenters. The minimum Gasteiger partial charge on any atom is -0.477 e. The van der Waals surface area contributed by atoms with Gasteiger partial charge in [-0.15, -0.1) is 22.7 Å². The summed E-state index contributed by atoms with van der Waals surface area (Å²) in [4.78, 5) is 28.1. The maximum Gasteiger partial charge on any atom is 0.345 e. The van der Waals surface area contributed by atoms with Gasteiger partial charge in [-0.25, -0.2) is 9.78 Å². The Morgan fingerprint density at radius 2 is 2.13 bits per heavy atom. The molecule has 0 saturated carbocycles. The van der Waals surface area contributed by atoms with Gasteiger partial charge in [0.1, 0.15) is 9.58 Å². The van der Waals surface area contributed by atoms with Gasteiger partial charge in [0, 0.05) is 4.70 Å². The first kappa shape index (κ1) is 14.1. The summed E-state index contributed by atoms with van der Waals surface area (Å²) >= 11 is 2.64. The topological polar surface area (TPSA) is 72.2 Å². The van der Waals surface area contributed by atoms with Crippen LogP contribution in [0.25, 0.3) is 20.3 Å². The summed E-state index contributed by atoms with van der Waals surface area (Å²) in [5, 5.41) is 11.8. The van der Waals surface area contributed by atoms with Crippen LogP contribution < -0.4 is 5.56 Å². The molecule has 3 heterocycles. The van der Waals surface area contributed by atoms with Crippen molar-refractivity contribution >= 4 is 48.9 Å². The number of carboxylic acid groups (broad SMARTS) is 1. The summed E-state index contributed by atoms with van der Waals surface area (Å²) in [6.07, 6.45) is 1.55. The number of benzene rings is 1. The number of rotatable bonds is 3. The monoisotopic (exact) mass is 342 g/mol. The molecule has 0 aliphatic rings. The molecular formula is C16H10N2O3S2. The van der Waals surface area contributed by atoms with E-state index in [0.29, 0.717) is 16.1 Å². The van der Waals surface area contributed by atoms with Gasteiger partial charge in [-0.3, -0.25) is 9.36 Å². The van der Waals surface area contributed by atoms with Crippen LogP contribution in [-0.2, 0) is 6.54 Å². The van der Waals surface area contributed by atoms with Crippen molar-refractivity contribution in [3.8, 4) is 0 Å². The van der Waals surface area contributed by atoms with E-state index in [1.165, 1.54) is 22.7 Å². The van der Waals surface area contributed by atoms with Crippen molar-refractivity contribution in [2.75, 3.05) is 0 Å². The first-order valence-electron chi connectivity index (χ1n) is 6.80. The average molecular weight is 342 g/mol. The lowest BCUT2D eigenvalue weighted by atomic mass is 10.1. The molecular weight excluding hydrogens is 332 g/mol. The third-order valence-corrected chi connectivity index (χ3v) is 5.58. The maximum absolute atomic E-state index is 12.4. The van der Waals surface area contributed by atoms with E-state index in [1.807, 2.05) is 29.6 Å². The van der Waals surface area contributed by atoms with Crippen molar-refractivity contribution in [3.05, 3.63) is 62.8 Å². The zero-order valence-electron chi connectivity index (χ0n) is 11.7. The van der Waals surface area contributed by atoms with Crippen LogP contribution in [0.5, 0.6) is 0 Å². The Hall–Kier alpha value is -2.51. The second kappa shape index (κ2) is 5.29. The summed E-state index contributed by atoms with van der Waals surface area (Å²) in [6.45, 7) is 0.411. The van der Waals surface area contributed by atoms with Gasteiger partial charge >= 0.3 is 5.97 Å². The van der Waals surface area contributed by atoms with Gasteiger partial charge in [0.25, 0.3) is 5.56 Å². The molecule has 114 valence electrons. The van der Waals surface area contributed by atoms with E-state index >= 15 is 0 Å². The smallest absolute Gasteiger partial charge is 0.345 e. The fourth-order valence-corrected chi connectivity index (χ4v) is 4.16. The van der Waals surface area contributed by atoms with Crippen molar-refractivity contribution < 1.29 is 9.90 Å². The normalized spacial score (nSPS) is 11.3. The first-order valence-corrected chi connectivity index (χ1v) is 8.50. The quantitative estimate of drug-likeness (QED) is 0.619. The third kappa shape index (κ3) is 2.43. The second-order valence-electron chi connectivity index (χ2n) is 5.10. The summed E-state index contributed by atoms with van der Waals surface area (Å²) < 4.78 is 3.15. The lowest BCUT2D eigenvalue weighted by Gasteiger charge is -2.05. The van der Waals surface area contributed by atoms with E-state index in [2.05, 4.69) is 4.98 Å². The largest absolute Gasteiger partial charge is 0.477 e. The van der Waals surface area contributed by atoms with Crippen molar-refractivity contribution in [1.82, 2.24) is 9.55 Å². The molecule has 3 aromatic heterocycles. The standard InChI is InChI=1S/C16H10N2O3S2/c19-15-14-11(3-4-22-14)17-8-18(15)7-9-1-2-12-10(5-9)6-13(23-12)16(20)21/h1-6,8H,7H2,(H,20,21). The number of nitrogens with zero attached hydrogens (tertiary/aromatic N) is 2. The predicted molar refractivity (Wildman–Crippen MR) is 91.8 cm³/mol. The van der Waals surface area contributed by atoms with Crippen LogP contribution in [0.1, 0.15) is 15.2 Å². The summed E-state index contributed by atoms with van der Waals surface area (Å²) in [5.41, 5.74) is 1.60. The number of aromatic carboxylic acids is 1. The van der Waals surface area contributed by atoms with Crippen molar-refractivity contribution in [2.45, 2.75) is 6.54 Å². The van der Waals surface area contributed by atoms with Gasteiger partial charge in [-0.1, -0.05) is 6.07 Å². The van der Waals surface area contributed by atoms with Crippen LogP contribution in [0, 0.1) is 0 Å². The Morgan fingerprint density at radius 1 is 1.26 bits per heavy atom. The molecule has 1 N–H and O–H groups in total. The van der Waals surface area contributed by atoms with E-state index in [-0.39, 0.29) is 5.56 Å². The Morgan fingerprint density at radius 3 is 2.96 bits per heavy atom. The minimum absolute atomic E-state index is 0.0540. The average Bonchev–Trinajstić information content (AvgIpc) is 3.16. The number of carbonyl (C=O) groups is 1. The van der Waals surface area contributed by atoms with Gasteiger partial charge < -0.3 is 5.11 Å². The molecule has 0 spiro atoms. The maximum atomic E-state index is 12.4. The molecule has 0 amide bonds. The summed E-state index contributed by atoms with van der Waals surface area (Å²) in [5.74, 6) is -0.920. The molecule has 4 rings (SSSR count). The fraction of sp³-hybridized carbons (Fsp3) is 0.0625. The van der Waals surface area contributed by atoms with E-state index < -0.39 is 5.97 Å². The fourth-order valence-electron chi connectivity index (χ4n) is 2.48. The Balaban J connectivity index is 1.75. The molecule has 0 bridgehead atoms. The molecule has 23 heavy (non-hydrogen) atoms. The highest BCUT2D eigenvalue weighted by molar-refractivity contribution is 7.20. The van der Waals surface area contributed by atoms with Crippen LogP contribution in [0.3, 0.4) is 0 Å². The molecule has 5 nitrogen and oxygen atoms in total. The SMILES string of the molecule is O=C(O)c1cc2cc(Cn3cnc4ccsc4c3=O)ccc2s1. The Labute approximate surface area is 138 Å². The lowest BCUT2D eigenvalue weighted by molar-refractivity contribution is 0.0702. The number of hydrogen-bond donors (Lipinski definition) is 1. The highest BCUT2D eigenvalue weighted by Gasteiger charge is 2.10. The molecule has 7 heteroatoms. The van der Waals surface area contributed by atoms with Crippen LogP contribution in [0.4, 0.5) is 0 Å². The molecule has 4 aromatic rings. The van der Waals surface area contributed by atoms with E-state index in [4.69, 9.17) is 5.11 Å². The highest BCUT2D eigenvalue weighted by atomic mass is 32.1. The highest BCUT2D eigenvalue weighted by Crippen LogP contribution is 2.26. The number of thiophene rings is 2. The molecule has 0 atom stereocenters. The van der Waals surface area contributed by atoms with Gasteiger partial charge in [-0.2, -0.15) is 0 Å². The Kier molecular flexibility index (Phi) is 3.24. The van der Waals surface area contributed by atoms with Crippen LogP contribution in [-0.4, -0.2) is 20.6 Å². The molecule has 0 fully saturated rings. The zero-order chi connectivity index (χ0) is 16.0. The lowest BCUT2D eigenvalue weighted by Crippen LogP contribution is -2.20. The van der Waals surface area contributed by atoms with Gasteiger partial charge in [-0.05, 0) is 40.6 Å². The van der Waals surface area contributed by atoms with Gasteiger partial charge in [0.2, 0.25) is 0 Å². The van der Waals surface area contributed by atoms with Crippen molar-refractivity contribution in [2.24, 2.45) is 0 Å². The molecule has 0 radical (unpaired) electrons. The Bertz CT molecular complexity index is 1110. The predicted octanol–water partition coefficient (Wildman–Crippen LogP) is 3.42. The summed E-state index contributed by atoms with van der Waals surface area (Å²) in [7, 11) is 0. The minimum atomic E-state index is -0.920. The third-order valence-electron chi connectivity index (χ3n) is 3.58. The van der Waals surface area contributed by atoms with Gasteiger partial charge in [0.15, 0.2) is 0 Å². The van der Waals surface area contributed by atoms with E-state index in [9.17, 15) is 9.59 Å². The molecule has 0 aliphatic carbocycles. The van der Waals surface area contributed by atoms with Crippen LogP contribution in [0.15, 0.2) is 46.8 Å². The molecule has 1 aromatic carbocycles. The number of carboxylic acids is 1. The van der Waals surface area contributed by atoms with E-state index in [0.717, 1.165) is 21.2 Å². The summed E-state index contributed by atoms with van der Waals surface area (Å²) in [6, 6.07) is 9.22. The molecule has 0 saturated heterocycles. The van der Waals surface area contributed by atoms with E-state index in [1.54, 1.807) is 17.0 Å². The number of hydrogen-bond acceptors (Lipinski definition) is 5. The number of aromatic nitrogens is 2. The number of fused-ring (bicyclic) bond motifs is 2. The van der Waals surface area contributed by atoms with Gasteiger partial charge in [0.05, 0.1) is 18.4 Å². The van der Waals surface area contributed by atoms with Crippen LogP contribution >= 0.6 is 22.7 Å². The second-order valence-corrected chi connectivity index (χ2v) is 7.10. The van der Waals surface area contributed by atoms with Crippen molar-refractivity contribution in [1.29, 1.82) is 0 Å². The zero-order valence-corrected chi connectivity index (χ0v) is 13.4. The van der Waals surface area contributed by atoms with Crippen LogP contribution in [0.2, 0.25) is 0 Å².